The minimum absolute atomic E-state index is 0.0896. The minimum atomic E-state index is -0.274. The van der Waals surface area contributed by atoms with Crippen molar-refractivity contribution in [2.75, 3.05) is 5.32 Å². The molecule has 3 aromatic rings. The number of benzene rings is 2. The Hall–Kier alpha value is -3.09. The summed E-state index contributed by atoms with van der Waals surface area (Å²) in [5.41, 5.74) is 2.51. The Morgan fingerprint density at radius 1 is 1.19 bits per heavy atom. The number of halogens is 1. The molecule has 26 heavy (non-hydrogen) atoms. The SMILES string of the molecule is O=C(CCc1ccc(F)cc1)Nc1cccc(-c2nnnn2C2CC2)c1. The Bertz CT molecular complexity index is 918. The molecule has 0 saturated heterocycles. The summed E-state index contributed by atoms with van der Waals surface area (Å²) in [4.78, 5) is 12.2. The summed E-state index contributed by atoms with van der Waals surface area (Å²) >= 11 is 0. The van der Waals surface area contributed by atoms with E-state index in [0.29, 0.717) is 24.6 Å². The number of hydrogen-bond donors (Lipinski definition) is 1. The molecule has 0 unspecified atom stereocenters. The summed E-state index contributed by atoms with van der Waals surface area (Å²) < 4.78 is 14.8. The van der Waals surface area contributed by atoms with E-state index in [1.165, 1.54) is 12.1 Å². The van der Waals surface area contributed by atoms with Crippen LogP contribution in [0.5, 0.6) is 0 Å². The van der Waals surface area contributed by atoms with Crippen LogP contribution in [0.2, 0.25) is 0 Å². The average molecular weight is 351 g/mol. The Labute approximate surface area is 150 Å². The van der Waals surface area contributed by atoms with Gasteiger partial charge >= 0.3 is 0 Å². The Kier molecular flexibility index (Phi) is 4.43. The molecule has 132 valence electrons. The van der Waals surface area contributed by atoms with Crippen molar-refractivity contribution in [3.05, 3.63) is 59.9 Å². The first-order valence-electron chi connectivity index (χ1n) is 8.61. The molecule has 0 spiro atoms. The van der Waals surface area contributed by atoms with Crippen molar-refractivity contribution in [2.24, 2.45) is 0 Å². The number of aryl methyl sites for hydroxylation is 1. The van der Waals surface area contributed by atoms with Gasteiger partial charge in [0.15, 0.2) is 5.82 Å². The molecule has 6 nitrogen and oxygen atoms in total. The van der Waals surface area contributed by atoms with Crippen LogP contribution >= 0.6 is 0 Å². The predicted octanol–water partition coefficient (Wildman–Crippen LogP) is 3.39. The van der Waals surface area contributed by atoms with Crippen molar-refractivity contribution in [3.63, 3.8) is 0 Å². The highest BCUT2D eigenvalue weighted by atomic mass is 19.1. The molecule has 1 aromatic heterocycles. The van der Waals surface area contributed by atoms with Crippen molar-refractivity contribution in [3.8, 4) is 11.4 Å². The molecular formula is C19H18FN5O. The third-order valence-corrected chi connectivity index (χ3v) is 4.34. The van der Waals surface area contributed by atoms with Crippen molar-refractivity contribution in [1.82, 2.24) is 20.2 Å². The molecule has 0 atom stereocenters. The van der Waals surface area contributed by atoms with Gasteiger partial charge in [-0.25, -0.2) is 9.07 Å². The topological polar surface area (TPSA) is 72.7 Å². The molecule has 0 bridgehead atoms. The van der Waals surface area contributed by atoms with Crippen LogP contribution in [0.3, 0.4) is 0 Å². The maximum Gasteiger partial charge on any atom is 0.224 e. The first-order valence-corrected chi connectivity index (χ1v) is 8.61. The van der Waals surface area contributed by atoms with E-state index in [2.05, 4.69) is 20.8 Å². The van der Waals surface area contributed by atoms with E-state index in [4.69, 9.17) is 0 Å². The number of anilines is 1. The van der Waals surface area contributed by atoms with Crippen LogP contribution < -0.4 is 5.32 Å². The van der Waals surface area contributed by atoms with E-state index in [1.807, 2.05) is 28.9 Å². The van der Waals surface area contributed by atoms with Crippen LogP contribution in [0.1, 0.15) is 30.9 Å². The lowest BCUT2D eigenvalue weighted by atomic mass is 10.1. The molecule has 1 fully saturated rings. The van der Waals surface area contributed by atoms with Gasteiger partial charge in [0, 0.05) is 17.7 Å². The van der Waals surface area contributed by atoms with Gasteiger partial charge in [0.05, 0.1) is 6.04 Å². The molecule has 1 heterocycles. The molecule has 1 aliphatic rings. The monoisotopic (exact) mass is 351 g/mol. The summed E-state index contributed by atoms with van der Waals surface area (Å²) in [6.07, 6.45) is 3.08. The second kappa shape index (κ2) is 7.03. The maximum atomic E-state index is 12.9. The van der Waals surface area contributed by atoms with Crippen LogP contribution in [-0.2, 0) is 11.2 Å². The Morgan fingerprint density at radius 3 is 2.77 bits per heavy atom. The van der Waals surface area contributed by atoms with Gasteiger partial charge in [-0.05, 0) is 59.5 Å². The smallest absolute Gasteiger partial charge is 0.224 e. The third kappa shape index (κ3) is 3.77. The van der Waals surface area contributed by atoms with Gasteiger partial charge < -0.3 is 5.32 Å². The van der Waals surface area contributed by atoms with Gasteiger partial charge in [0.25, 0.3) is 0 Å². The molecule has 0 radical (unpaired) electrons. The van der Waals surface area contributed by atoms with E-state index < -0.39 is 0 Å². The Balaban J connectivity index is 1.41. The second-order valence-electron chi connectivity index (χ2n) is 6.43. The first-order chi connectivity index (χ1) is 12.7. The molecule has 2 aromatic carbocycles. The lowest BCUT2D eigenvalue weighted by Gasteiger charge is -2.08. The van der Waals surface area contributed by atoms with Gasteiger partial charge in [-0.3, -0.25) is 4.79 Å². The van der Waals surface area contributed by atoms with Gasteiger partial charge in [-0.2, -0.15) is 0 Å². The zero-order valence-corrected chi connectivity index (χ0v) is 14.1. The zero-order valence-electron chi connectivity index (χ0n) is 14.1. The molecular weight excluding hydrogens is 333 g/mol. The molecule has 1 amide bonds. The highest BCUT2D eigenvalue weighted by Crippen LogP contribution is 2.36. The van der Waals surface area contributed by atoms with Gasteiger partial charge in [0.2, 0.25) is 5.91 Å². The number of tetrazole rings is 1. The number of hydrogen-bond acceptors (Lipinski definition) is 4. The van der Waals surface area contributed by atoms with E-state index in [-0.39, 0.29) is 11.7 Å². The van der Waals surface area contributed by atoms with Crippen LogP contribution in [0.15, 0.2) is 48.5 Å². The van der Waals surface area contributed by atoms with Gasteiger partial charge in [0.1, 0.15) is 5.82 Å². The normalized spacial score (nSPS) is 13.6. The lowest BCUT2D eigenvalue weighted by Crippen LogP contribution is -2.12. The van der Waals surface area contributed by atoms with Crippen molar-refractivity contribution < 1.29 is 9.18 Å². The van der Waals surface area contributed by atoms with Crippen LogP contribution in [-0.4, -0.2) is 26.1 Å². The van der Waals surface area contributed by atoms with Crippen LogP contribution in [0.4, 0.5) is 10.1 Å². The molecule has 1 saturated carbocycles. The second-order valence-corrected chi connectivity index (χ2v) is 6.43. The summed E-state index contributed by atoms with van der Waals surface area (Å²) in [5, 5.41) is 14.8. The lowest BCUT2D eigenvalue weighted by molar-refractivity contribution is -0.116. The fraction of sp³-hybridized carbons (Fsp3) is 0.263. The number of carbonyl (C=O) groups is 1. The highest BCUT2D eigenvalue weighted by Gasteiger charge is 2.28. The molecule has 1 N–H and O–H groups in total. The zero-order chi connectivity index (χ0) is 17.9. The standard InChI is InChI=1S/C19H18FN5O/c20-15-7-4-13(5-8-15)6-11-18(26)21-16-3-1-2-14(12-16)19-22-23-24-25(19)17-9-10-17/h1-5,7-8,12,17H,6,9-11H2,(H,21,26). The summed E-state index contributed by atoms with van der Waals surface area (Å²) in [7, 11) is 0. The maximum absolute atomic E-state index is 12.9. The number of carbonyl (C=O) groups excluding carboxylic acids is 1. The van der Waals surface area contributed by atoms with Crippen molar-refractivity contribution in [2.45, 2.75) is 31.7 Å². The van der Waals surface area contributed by atoms with E-state index in [0.717, 1.165) is 29.8 Å². The predicted molar refractivity (Wildman–Crippen MR) is 94.9 cm³/mol. The van der Waals surface area contributed by atoms with E-state index in [9.17, 15) is 9.18 Å². The number of aromatic nitrogens is 4. The summed E-state index contributed by atoms with van der Waals surface area (Å²) in [6.45, 7) is 0. The van der Waals surface area contributed by atoms with Gasteiger partial charge in [-0.15, -0.1) is 5.10 Å². The van der Waals surface area contributed by atoms with E-state index in [1.54, 1.807) is 12.1 Å². The van der Waals surface area contributed by atoms with E-state index >= 15 is 0 Å². The molecule has 4 rings (SSSR count). The summed E-state index contributed by atoms with van der Waals surface area (Å²) in [5.74, 6) is 0.353. The number of nitrogens with one attached hydrogen (secondary N) is 1. The number of rotatable bonds is 6. The van der Waals surface area contributed by atoms with Crippen LogP contribution in [0.25, 0.3) is 11.4 Å². The number of nitrogens with zero attached hydrogens (tertiary/aromatic N) is 4. The first kappa shape index (κ1) is 16.4. The highest BCUT2D eigenvalue weighted by molar-refractivity contribution is 5.91. The Morgan fingerprint density at radius 2 is 2.00 bits per heavy atom. The number of amides is 1. The quantitative estimate of drug-likeness (QED) is 0.739. The van der Waals surface area contributed by atoms with Crippen molar-refractivity contribution >= 4 is 11.6 Å². The summed E-state index contributed by atoms with van der Waals surface area (Å²) in [6, 6.07) is 14.1. The van der Waals surface area contributed by atoms with Gasteiger partial charge in [-0.1, -0.05) is 24.3 Å². The van der Waals surface area contributed by atoms with Crippen molar-refractivity contribution in [1.29, 1.82) is 0 Å². The fourth-order valence-electron chi connectivity index (χ4n) is 2.82. The molecule has 0 aliphatic heterocycles. The molecule has 7 heteroatoms. The van der Waals surface area contributed by atoms with Crippen LogP contribution in [0, 0.1) is 5.82 Å². The largest absolute Gasteiger partial charge is 0.326 e. The molecule has 1 aliphatic carbocycles. The fourth-order valence-corrected chi connectivity index (χ4v) is 2.82. The third-order valence-electron chi connectivity index (χ3n) is 4.34. The average Bonchev–Trinajstić information content (AvgIpc) is 3.38. The minimum Gasteiger partial charge on any atom is -0.326 e.